The van der Waals surface area contributed by atoms with Gasteiger partial charge in [-0.3, -0.25) is 4.79 Å². The van der Waals surface area contributed by atoms with Crippen LogP contribution < -0.4 is 10.6 Å². The zero-order valence-electron chi connectivity index (χ0n) is 10.7. The van der Waals surface area contributed by atoms with Gasteiger partial charge in [-0.2, -0.15) is 0 Å². The van der Waals surface area contributed by atoms with Gasteiger partial charge in [0.05, 0.1) is 6.42 Å². The molecule has 0 fully saturated rings. The van der Waals surface area contributed by atoms with Crippen molar-refractivity contribution >= 4 is 34.2 Å². The van der Waals surface area contributed by atoms with E-state index >= 15 is 0 Å². The molecule has 1 aromatic rings. The molecule has 0 heterocycles. The van der Waals surface area contributed by atoms with Gasteiger partial charge in [0.15, 0.2) is 0 Å². The molecule has 2 N–H and O–H groups in total. The van der Waals surface area contributed by atoms with Gasteiger partial charge in [0.25, 0.3) is 0 Å². The number of likely N-dealkylation sites (N-methyl/N-ethyl adjacent to an activating group) is 1. The van der Waals surface area contributed by atoms with Crippen molar-refractivity contribution in [1.29, 1.82) is 0 Å². The predicted molar refractivity (Wildman–Crippen MR) is 81.2 cm³/mol. The highest BCUT2D eigenvalue weighted by molar-refractivity contribution is 9.10. The first-order valence-corrected chi connectivity index (χ1v) is 6.66. The molecule has 0 unspecified atom stereocenters. The van der Waals surface area contributed by atoms with Crippen LogP contribution in [0.5, 0.6) is 0 Å². The standard InChI is InChI=1S/C13H19BrN2O.ClH/c1-3-15-10(2)9-16-13(17)8-11-6-4-5-7-12(11)14;/h4-7,10,15H,3,8-9H2,1-2H3,(H,16,17);1H/t10-;/m1./s1. The van der Waals surface area contributed by atoms with Gasteiger partial charge in [0, 0.05) is 17.1 Å². The van der Waals surface area contributed by atoms with Crippen molar-refractivity contribution in [3.63, 3.8) is 0 Å². The van der Waals surface area contributed by atoms with Crippen molar-refractivity contribution in [1.82, 2.24) is 10.6 Å². The van der Waals surface area contributed by atoms with Gasteiger partial charge < -0.3 is 10.6 Å². The number of halogens is 2. The normalized spacial score (nSPS) is 11.5. The summed E-state index contributed by atoms with van der Waals surface area (Å²) < 4.78 is 0.981. The molecule has 0 aliphatic rings. The van der Waals surface area contributed by atoms with E-state index in [1.54, 1.807) is 0 Å². The number of hydrogen-bond acceptors (Lipinski definition) is 2. The van der Waals surface area contributed by atoms with E-state index in [-0.39, 0.29) is 18.3 Å². The predicted octanol–water partition coefficient (Wildman–Crippen LogP) is 2.53. The average molecular weight is 336 g/mol. The average Bonchev–Trinajstić information content (AvgIpc) is 2.30. The topological polar surface area (TPSA) is 41.1 Å². The molecule has 102 valence electrons. The molecule has 0 aromatic heterocycles. The zero-order chi connectivity index (χ0) is 12.7. The van der Waals surface area contributed by atoms with E-state index in [2.05, 4.69) is 40.4 Å². The van der Waals surface area contributed by atoms with Gasteiger partial charge >= 0.3 is 0 Å². The van der Waals surface area contributed by atoms with Crippen LogP contribution in [0.2, 0.25) is 0 Å². The summed E-state index contributed by atoms with van der Waals surface area (Å²) in [5.74, 6) is 0.0571. The summed E-state index contributed by atoms with van der Waals surface area (Å²) >= 11 is 3.44. The SMILES string of the molecule is CCN[C@H](C)CNC(=O)Cc1ccccc1Br.Cl. The lowest BCUT2D eigenvalue weighted by Gasteiger charge is -2.13. The third-order valence-corrected chi connectivity index (χ3v) is 3.24. The molecular formula is C13H20BrClN2O. The molecule has 0 aliphatic heterocycles. The number of rotatable bonds is 6. The lowest BCUT2D eigenvalue weighted by molar-refractivity contribution is -0.120. The number of benzene rings is 1. The smallest absolute Gasteiger partial charge is 0.224 e. The number of hydrogen-bond donors (Lipinski definition) is 2. The van der Waals surface area contributed by atoms with Crippen molar-refractivity contribution in [2.75, 3.05) is 13.1 Å². The molecule has 5 heteroatoms. The second-order valence-corrected chi connectivity index (χ2v) is 4.89. The maximum absolute atomic E-state index is 11.7. The van der Waals surface area contributed by atoms with E-state index in [0.29, 0.717) is 19.0 Å². The molecule has 18 heavy (non-hydrogen) atoms. The number of carbonyl (C=O) groups excluding carboxylic acids is 1. The molecule has 1 atom stereocenters. The molecule has 0 radical (unpaired) electrons. The van der Waals surface area contributed by atoms with Gasteiger partial charge in [-0.1, -0.05) is 41.1 Å². The van der Waals surface area contributed by atoms with Crippen LogP contribution in [0.4, 0.5) is 0 Å². The Labute approximate surface area is 123 Å². The summed E-state index contributed by atoms with van der Waals surface area (Å²) in [4.78, 5) is 11.7. The Kier molecular flexibility index (Phi) is 9.06. The van der Waals surface area contributed by atoms with Gasteiger partial charge in [-0.05, 0) is 25.1 Å². The maximum atomic E-state index is 11.7. The molecule has 3 nitrogen and oxygen atoms in total. The molecule has 0 aliphatic carbocycles. The van der Waals surface area contributed by atoms with E-state index in [4.69, 9.17) is 0 Å². The molecule has 1 aromatic carbocycles. The minimum Gasteiger partial charge on any atom is -0.354 e. The lowest BCUT2D eigenvalue weighted by atomic mass is 10.1. The molecular weight excluding hydrogens is 316 g/mol. The molecule has 0 bridgehead atoms. The Morgan fingerprint density at radius 2 is 2.06 bits per heavy atom. The highest BCUT2D eigenvalue weighted by atomic mass is 79.9. The third kappa shape index (κ3) is 6.38. The van der Waals surface area contributed by atoms with Crippen LogP contribution in [-0.2, 0) is 11.2 Å². The van der Waals surface area contributed by atoms with E-state index in [1.165, 1.54) is 0 Å². The Balaban J connectivity index is 0.00000289. The minimum atomic E-state index is 0. The van der Waals surface area contributed by atoms with Crippen LogP contribution in [0.15, 0.2) is 28.7 Å². The van der Waals surface area contributed by atoms with Gasteiger partial charge in [-0.25, -0.2) is 0 Å². The second-order valence-electron chi connectivity index (χ2n) is 4.03. The minimum absolute atomic E-state index is 0. The summed E-state index contributed by atoms with van der Waals surface area (Å²) in [6, 6.07) is 8.09. The summed E-state index contributed by atoms with van der Waals surface area (Å²) in [5, 5.41) is 6.17. The van der Waals surface area contributed by atoms with Gasteiger partial charge in [0.1, 0.15) is 0 Å². The maximum Gasteiger partial charge on any atom is 0.224 e. The first kappa shape index (κ1) is 17.4. The molecule has 1 rings (SSSR count). The van der Waals surface area contributed by atoms with Crippen LogP contribution in [-0.4, -0.2) is 25.0 Å². The Morgan fingerprint density at radius 3 is 2.67 bits per heavy atom. The quantitative estimate of drug-likeness (QED) is 0.839. The van der Waals surface area contributed by atoms with Crippen molar-refractivity contribution < 1.29 is 4.79 Å². The number of nitrogens with one attached hydrogen (secondary N) is 2. The fourth-order valence-corrected chi connectivity index (χ4v) is 1.99. The number of carbonyl (C=O) groups is 1. The molecule has 0 saturated heterocycles. The molecule has 0 saturated carbocycles. The number of amides is 1. The lowest BCUT2D eigenvalue weighted by Crippen LogP contribution is -2.39. The highest BCUT2D eigenvalue weighted by Crippen LogP contribution is 2.15. The summed E-state index contributed by atoms with van der Waals surface area (Å²) in [5.41, 5.74) is 1.01. The van der Waals surface area contributed by atoms with E-state index in [9.17, 15) is 4.79 Å². The molecule has 0 spiro atoms. The van der Waals surface area contributed by atoms with Crippen LogP contribution in [0.25, 0.3) is 0 Å². The highest BCUT2D eigenvalue weighted by Gasteiger charge is 2.07. The summed E-state index contributed by atoms with van der Waals surface area (Å²) in [7, 11) is 0. The second kappa shape index (κ2) is 9.36. The Morgan fingerprint density at radius 1 is 1.39 bits per heavy atom. The molecule has 1 amide bonds. The van der Waals surface area contributed by atoms with Crippen molar-refractivity contribution in [3.8, 4) is 0 Å². The van der Waals surface area contributed by atoms with Crippen molar-refractivity contribution in [2.24, 2.45) is 0 Å². The van der Waals surface area contributed by atoms with Gasteiger partial charge in [0.2, 0.25) is 5.91 Å². The largest absolute Gasteiger partial charge is 0.354 e. The van der Waals surface area contributed by atoms with E-state index < -0.39 is 0 Å². The van der Waals surface area contributed by atoms with Crippen LogP contribution in [0.1, 0.15) is 19.4 Å². The zero-order valence-corrected chi connectivity index (χ0v) is 13.1. The first-order valence-electron chi connectivity index (χ1n) is 5.87. The first-order chi connectivity index (χ1) is 8.13. The fourth-order valence-electron chi connectivity index (χ4n) is 1.56. The third-order valence-electron chi connectivity index (χ3n) is 2.47. The van der Waals surface area contributed by atoms with Crippen molar-refractivity contribution in [3.05, 3.63) is 34.3 Å². The van der Waals surface area contributed by atoms with Crippen LogP contribution >= 0.6 is 28.3 Å². The van der Waals surface area contributed by atoms with Crippen LogP contribution in [0, 0.1) is 0 Å². The van der Waals surface area contributed by atoms with E-state index in [0.717, 1.165) is 16.6 Å². The van der Waals surface area contributed by atoms with Crippen LogP contribution in [0.3, 0.4) is 0 Å². The van der Waals surface area contributed by atoms with Gasteiger partial charge in [-0.15, -0.1) is 12.4 Å². The summed E-state index contributed by atoms with van der Waals surface area (Å²) in [6.07, 6.45) is 0.417. The van der Waals surface area contributed by atoms with Crippen molar-refractivity contribution in [2.45, 2.75) is 26.3 Å². The van der Waals surface area contributed by atoms with E-state index in [1.807, 2.05) is 24.3 Å². The Bertz CT molecular complexity index is 374. The monoisotopic (exact) mass is 334 g/mol. The Hall–Kier alpha value is -0.580. The summed E-state index contributed by atoms with van der Waals surface area (Å²) in [6.45, 7) is 5.69. The fraction of sp³-hybridized carbons (Fsp3) is 0.462.